The smallest absolute Gasteiger partial charge is 0.337 e. The molecule has 0 bridgehead atoms. The average Bonchev–Trinajstić information content (AvgIpc) is 3.98. The molecule has 1 atom stereocenters. The summed E-state index contributed by atoms with van der Waals surface area (Å²) in [6, 6.07) is 6.17. The molecular formula is C36H40N6O11S3. The Morgan fingerprint density at radius 3 is 1.86 bits per heavy atom. The highest BCUT2D eigenvalue weighted by atomic mass is 32.2. The molecule has 0 radical (unpaired) electrons. The number of aryl methyl sites for hydroxylation is 2. The molecule has 7 rings (SSSR count). The SMILES string of the molecule is C/C(=N\O)c1ccsc1.CC1CCCO1.CCc1cc(=O)oc2nc(O/N=C(\C)c3ccsc3)[nH]c(=O)c12.CCc1cc(=O)oc2nc(S(C)(=O)=O)[nH]c(=O)c12. The number of rotatable bonds is 7. The normalized spacial score (nSPS) is 14.3. The lowest BCUT2D eigenvalue weighted by atomic mass is 10.1. The van der Waals surface area contributed by atoms with Crippen molar-refractivity contribution < 1.29 is 32.0 Å². The van der Waals surface area contributed by atoms with Gasteiger partial charge in [-0.15, -0.1) is 0 Å². The molecule has 1 saturated heterocycles. The van der Waals surface area contributed by atoms with E-state index >= 15 is 0 Å². The first kappa shape index (κ1) is 43.2. The summed E-state index contributed by atoms with van der Waals surface area (Å²) < 4.78 is 37.5. The van der Waals surface area contributed by atoms with Crippen LogP contribution in [0.5, 0.6) is 6.01 Å². The molecule has 0 saturated carbocycles. The quantitative estimate of drug-likeness (QED) is 0.0803. The van der Waals surface area contributed by atoms with Crippen molar-refractivity contribution in [2.45, 2.75) is 71.6 Å². The van der Waals surface area contributed by atoms with Crippen LogP contribution in [0.15, 0.2) is 89.3 Å². The zero-order valence-corrected chi connectivity index (χ0v) is 33.7. The van der Waals surface area contributed by atoms with Crippen LogP contribution in [0.1, 0.15) is 69.7 Å². The van der Waals surface area contributed by atoms with Gasteiger partial charge in [0.15, 0.2) is 0 Å². The fraction of sp³-hybridized carbons (Fsp3) is 0.333. The van der Waals surface area contributed by atoms with E-state index in [1.54, 1.807) is 43.4 Å². The van der Waals surface area contributed by atoms with Crippen LogP contribution in [0, 0.1) is 0 Å². The summed E-state index contributed by atoms with van der Waals surface area (Å²) >= 11 is 3.13. The number of ether oxygens (including phenoxy) is 1. The predicted molar refractivity (Wildman–Crippen MR) is 214 cm³/mol. The molecule has 7 heterocycles. The van der Waals surface area contributed by atoms with E-state index in [9.17, 15) is 27.6 Å². The van der Waals surface area contributed by atoms with Crippen molar-refractivity contribution in [2.24, 2.45) is 10.3 Å². The van der Waals surface area contributed by atoms with E-state index in [4.69, 9.17) is 23.6 Å². The van der Waals surface area contributed by atoms with E-state index in [1.165, 1.54) is 25.0 Å². The number of aromatic nitrogens is 4. The fourth-order valence-corrected chi connectivity index (χ4v) is 6.86. The molecule has 1 unspecified atom stereocenters. The molecule has 298 valence electrons. The highest BCUT2D eigenvalue weighted by Gasteiger charge is 2.17. The van der Waals surface area contributed by atoms with E-state index in [-0.39, 0.29) is 28.2 Å². The number of sulfone groups is 1. The summed E-state index contributed by atoms with van der Waals surface area (Å²) in [5.41, 5.74) is 1.63. The molecule has 0 amide bonds. The van der Waals surface area contributed by atoms with E-state index < -0.39 is 37.4 Å². The lowest BCUT2D eigenvalue weighted by Crippen LogP contribution is -2.18. The summed E-state index contributed by atoms with van der Waals surface area (Å²) in [7, 11) is -3.68. The minimum absolute atomic E-state index is 0.0588. The number of oxime groups is 2. The average molecular weight is 829 g/mol. The van der Waals surface area contributed by atoms with Crippen LogP contribution in [-0.4, -0.2) is 64.0 Å². The zero-order valence-electron chi connectivity index (χ0n) is 31.3. The van der Waals surface area contributed by atoms with E-state index in [2.05, 4.69) is 37.2 Å². The third-order valence-electron chi connectivity index (χ3n) is 7.92. The monoisotopic (exact) mass is 828 g/mol. The predicted octanol–water partition coefficient (Wildman–Crippen LogP) is 5.28. The molecule has 1 fully saturated rings. The molecule has 6 aromatic rings. The molecule has 17 nitrogen and oxygen atoms in total. The fourth-order valence-electron chi connectivity index (χ4n) is 4.94. The Morgan fingerprint density at radius 2 is 1.43 bits per heavy atom. The first-order valence-electron chi connectivity index (χ1n) is 17.1. The Hall–Kier alpha value is -5.57. The van der Waals surface area contributed by atoms with Crippen molar-refractivity contribution in [1.29, 1.82) is 0 Å². The maximum atomic E-state index is 12.2. The van der Waals surface area contributed by atoms with Gasteiger partial charge in [0.25, 0.3) is 11.1 Å². The van der Waals surface area contributed by atoms with E-state index in [0.29, 0.717) is 41.5 Å². The van der Waals surface area contributed by atoms with E-state index in [1.807, 2.05) is 40.6 Å². The lowest BCUT2D eigenvalue weighted by molar-refractivity contribution is 0.125. The van der Waals surface area contributed by atoms with Gasteiger partial charge in [-0.2, -0.15) is 32.6 Å². The molecule has 0 aromatic carbocycles. The van der Waals surface area contributed by atoms with Crippen LogP contribution in [0.3, 0.4) is 0 Å². The maximum absolute atomic E-state index is 12.2. The van der Waals surface area contributed by atoms with Gasteiger partial charge in [-0.1, -0.05) is 24.2 Å². The molecule has 0 aliphatic carbocycles. The van der Waals surface area contributed by atoms with Crippen molar-refractivity contribution in [3.63, 3.8) is 0 Å². The van der Waals surface area contributed by atoms with Crippen LogP contribution in [0.2, 0.25) is 0 Å². The minimum atomic E-state index is -3.68. The van der Waals surface area contributed by atoms with Gasteiger partial charge < -0.3 is 23.6 Å². The molecule has 1 aliphatic heterocycles. The Morgan fingerprint density at radius 1 is 0.893 bits per heavy atom. The lowest BCUT2D eigenvalue weighted by Gasteiger charge is -2.03. The summed E-state index contributed by atoms with van der Waals surface area (Å²) in [6.07, 6.45) is 4.93. The molecule has 20 heteroatoms. The topological polar surface area (TPSA) is 249 Å². The Bertz CT molecular complexity index is 2660. The number of nitrogens with one attached hydrogen (secondary N) is 2. The van der Waals surface area contributed by atoms with Crippen molar-refractivity contribution in [3.8, 4) is 6.01 Å². The first-order valence-corrected chi connectivity index (χ1v) is 20.8. The highest BCUT2D eigenvalue weighted by molar-refractivity contribution is 7.90. The molecule has 6 aromatic heterocycles. The van der Waals surface area contributed by atoms with Crippen LogP contribution in [-0.2, 0) is 27.4 Å². The highest BCUT2D eigenvalue weighted by Crippen LogP contribution is 2.15. The second kappa shape index (κ2) is 19.8. The standard InChI is InChI=1S/C15H13N3O4S.C10H10N2O5S.C6H7NOS.C5H10O/c1-3-9-6-11(19)21-14-12(9)13(20)16-15(17-14)22-18-8(2)10-4-5-23-7-10;1-3-5-4-6(13)17-9-7(5)8(14)11-10(12-9)18(2,15)16;1-5(7-8)6-2-3-9-4-6;1-5-3-2-4-6-5/h4-7H,3H2,1-2H3,(H,16,17,20);4H,3H2,1-2H3,(H,11,12,14);2-4,8H,1H3;5H,2-4H2,1H3/b18-8+;;7-5+;. The second-order valence-corrected chi connectivity index (χ2v) is 15.6. The third kappa shape index (κ3) is 11.7. The van der Waals surface area contributed by atoms with Gasteiger partial charge in [0.2, 0.25) is 26.4 Å². The van der Waals surface area contributed by atoms with Gasteiger partial charge in [-0.05, 0) is 91.2 Å². The van der Waals surface area contributed by atoms with Gasteiger partial charge in [0.1, 0.15) is 10.8 Å². The van der Waals surface area contributed by atoms with Gasteiger partial charge in [0, 0.05) is 36.1 Å². The van der Waals surface area contributed by atoms with Crippen molar-refractivity contribution in [3.05, 3.63) is 110 Å². The van der Waals surface area contributed by atoms with Gasteiger partial charge in [-0.25, -0.2) is 18.0 Å². The van der Waals surface area contributed by atoms with Crippen molar-refractivity contribution in [2.75, 3.05) is 12.9 Å². The number of fused-ring (bicyclic) bond motifs is 2. The van der Waals surface area contributed by atoms with Crippen molar-refractivity contribution >= 4 is 66.1 Å². The van der Waals surface area contributed by atoms with Crippen molar-refractivity contribution in [1.82, 2.24) is 19.9 Å². The van der Waals surface area contributed by atoms with E-state index in [0.717, 1.165) is 24.0 Å². The number of hydrogen-bond acceptors (Lipinski definition) is 17. The number of H-pyrrole nitrogens is 2. The second-order valence-electron chi connectivity index (χ2n) is 12.1. The summed E-state index contributed by atoms with van der Waals surface area (Å²) in [4.78, 5) is 64.3. The third-order valence-corrected chi connectivity index (χ3v) is 10.2. The molecule has 0 spiro atoms. The summed E-state index contributed by atoms with van der Waals surface area (Å²) in [5.74, 6) is 0. The molecular weight excluding hydrogens is 789 g/mol. The number of thiophene rings is 2. The largest absolute Gasteiger partial charge is 0.411 e. The molecule has 56 heavy (non-hydrogen) atoms. The Balaban J connectivity index is 0.000000185. The van der Waals surface area contributed by atoms with Crippen LogP contribution >= 0.6 is 22.7 Å². The van der Waals surface area contributed by atoms with Crippen LogP contribution < -0.4 is 27.2 Å². The Kier molecular flexibility index (Phi) is 15.3. The number of aromatic amines is 2. The summed E-state index contributed by atoms with van der Waals surface area (Å²) in [6.45, 7) is 10.2. The van der Waals surface area contributed by atoms with Crippen LogP contribution in [0.4, 0.5) is 0 Å². The summed E-state index contributed by atoms with van der Waals surface area (Å²) in [5, 5.41) is 22.8. The zero-order chi connectivity index (χ0) is 41.0. The molecule has 3 N–H and O–H groups in total. The maximum Gasteiger partial charge on any atom is 0.337 e. The number of nitrogens with zero attached hydrogens (tertiary/aromatic N) is 4. The van der Waals surface area contributed by atoms with Gasteiger partial charge in [0.05, 0.1) is 17.5 Å². The van der Waals surface area contributed by atoms with Gasteiger partial charge in [-0.3, -0.25) is 19.6 Å². The number of hydrogen-bond donors (Lipinski definition) is 3. The van der Waals surface area contributed by atoms with Gasteiger partial charge >= 0.3 is 17.3 Å². The molecule has 1 aliphatic rings. The Labute approximate surface area is 327 Å². The minimum Gasteiger partial charge on any atom is -0.411 e. The van der Waals surface area contributed by atoms with Crippen LogP contribution in [0.25, 0.3) is 22.2 Å². The first-order chi connectivity index (χ1) is 26.6.